The summed E-state index contributed by atoms with van der Waals surface area (Å²) in [6.45, 7) is 5.87. The second kappa shape index (κ2) is 9.97. The molecule has 0 amide bonds. The minimum absolute atomic E-state index is 0.238. The van der Waals surface area contributed by atoms with Gasteiger partial charge >= 0.3 is 0 Å². The molecule has 0 spiro atoms. The van der Waals surface area contributed by atoms with Crippen LogP contribution in [0, 0.1) is 0 Å². The van der Waals surface area contributed by atoms with Gasteiger partial charge in [0.2, 0.25) is 0 Å². The smallest absolute Gasteiger partial charge is 0.123 e. The van der Waals surface area contributed by atoms with E-state index < -0.39 is 0 Å². The molecule has 0 aliphatic rings. The van der Waals surface area contributed by atoms with Crippen molar-refractivity contribution in [3.63, 3.8) is 0 Å². The van der Waals surface area contributed by atoms with E-state index in [1.54, 1.807) is 18.2 Å². The molecule has 3 heteroatoms. The van der Waals surface area contributed by atoms with Gasteiger partial charge in [0.25, 0.3) is 0 Å². The quantitative estimate of drug-likeness (QED) is 0.857. The largest absolute Gasteiger partial charge is 0.508 e. The second-order valence-electron chi connectivity index (χ2n) is 4.15. The van der Waals surface area contributed by atoms with Crippen molar-refractivity contribution >= 4 is 0 Å². The van der Waals surface area contributed by atoms with Crippen molar-refractivity contribution in [2.45, 2.75) is 26.7 Å². The average molecular weight is 239 g/mol. The van der Waals surface area contributed by atoms with Crippen molar-refractivity contribution in [1.29, 1.82) is 0 Å². The van der Waals surface area contributed by atoms with E-state index in [4.69, 9.17) is 9.84 Å². The fraction of sp³-hybridized carbons (Fsp3) is 0.571. The lowest BCUT2D eigenvalue weighted by atomic mass is 10.3. The van der Waals surface area contributed by atoms with Crippen LogP contribution in [0.4, 0.5) is 0 Å². The molecule has 0 aliphatic heterocycles. The minimum Gasteiger partial charge on any atom is -0.508 e. The van der Waals surface area contributed by atoms with Crippen LogP contribution >= 0.6 is 0 Å². The Bertz CT molecular complexity index is 285. The van der Waals surface area contributed by atoms with Crippen molar-refractivity contribution in [1.82, 2.24) is 4.90 Å². The Morgan fingerprint density at radius 1 is 1.18 bits per heavy atom. The van der Waals surface area contributed by atoms with Gasteiger partial charge in [0.05, 0.1) is 0 Å². The maximum Gasteiger partial charge on any atom is 0.123 e. The number of hydrogen-bond acceptors (Lipinski definition) is 3. The Morgan fingerprint density at radius 2 is 1.82 bits per heavy atom. The monoisotopic (exact) mass is 239 g/mol. The van der Waals surface area contributed by atoms with Crippen LogP contribution in [0.15, 0.2) is 24.3 Å². The Morgan fingerprint density at radius 3 is 2.29 bits per heavy atom. The van der Waals surface area contributed by atoms with Crippen LogP contribution in [-0.2, 0) is 0 Å². The summed E-state index contributed by atoms with van der Waals surface area (Å²) in [7, 11) is 3.98. The van der Waals surface area contributed by atoms with E-state index in [2.05, 4.69) is 13.8 Å². The number of ether oxygens (including phenoxy) is 1. The lowest BCUT2D eigenvalue weighted by Gasteiger charge is -2.10. The maximum absolute atomic E-state index is 9.13. The van der Waals surface area contributed by atoms with Crippen LogP contribution in [0.25, 0.3) is 0 Å². The predicted octanol–water partition coefficient (Wildman–Crippen LogP) is 3.14. The highest BCUT2D eigenvalue weighted by atomic mass is 16.5. The van der Waals surface area contributed by atoms with Gasteiger partial charge in [0, 0.05) is 12.6 Å². The van der Waals surface area contributed by atoms with E-state index in [-0.39, 0.29) is 5.75 Å². The number of phenolic OH excluding ortho intramolecular Hbond substituents is 1. The summed E-state index contributed by atoms with van der Waals surface area (Å²) in [6.07, 6.45) is 2.64. The SMILES string of the molecule is CCCC.CN(C)CCOc1cccc(O)c1. The topological polar surface area (TPSA) is 32.7 Å². The highest BCUT2D eigenvalue weighted by Crippen LogP contribution is 2.17. The van der Waals surface area contributed by atoms with Gasteiger partial charge in [-0.2, -0.15) is 0 Å². The molecule has 0 saturated heterocycles. The molecule has 1 aromatic carbocycles. The molecule has 0 atom stereocenters. The first-order valence-electron chi connectivity index (χ1n) is 6.16. The fourth-order valence-corrected chi connectivity index (χ4v) is 0.919. The van der Waals surface area contributed by atoms with E-state index in [0.717, 1.165) is 6.54 Å². The fourth-order valence-electron chi connectivity index (χ4n) is 0.919. The van der Waals surface area contributed by atoms with E-state index in [0.29, 0.717) is 12.4 Å². The zero-order valence-corrected chi connectivity index (χ0v) is 11.4. The molecule has 0 heterocycles. The van der Waals surface area contributed by atoms with Crippen LogP contribution in [0.2, 0.25) is 0 Å². The van der Waals surface area contributed by atoms with Crippen molar-refractivity contribution in [3.8, 4) is 11.5 Å². The molecule has 17 heavy (non-hydrogen) atoms. The third kappa shape index (κ3) is 9.69. The average Bonchev–Trinajstić information content (AvgIpc) is 2.29. The number of likely N-dealkylation sites (N-methyl/N-ethyl adjacent to an activating group) is 1. The minimum atomic E-state index is 0.238. The molecule has 0 radical (unpaired) electrons. The second-order valence-corrected chi connectivity index (χ2v) is 4.15. The highest BCUT2D eigenvalue weighted by Gasteiger charge is 1.95. The number of phenols is 1. The Kier molecular flexibility index (Phi) is 9.25. The lowest BCUT2D eigenvalue weighted by molar-refractivity contribution is 0.260. The number of nitrogens with zero attached hydrogens (tertiary/aromatic N) is 1. The molecule has 1 rings (SSSR count). The number of aromatic hydroxyl groups is 1. The summed E-state index contributed by atoms with van der Waals surface area (Å²) in [4.78, 5) is 2.04. The maximum atomic E-state index is 9.13. The molecule has 1 N–H and O–H groups in total. The van der Waals surface area contributed by atoms with Gasteiger partial charge in [-0.1, -0.05) is 32.8 Å². The first-order chi connectivity index (χ1) is 8.10. The van der Waals surface area contributed by atoms with Crippen molar-refractivity contribution < 1.29 is 9.84 Å². The number of hydrogen-bond donors (Lipinski definition) is 1. The van der Waals surface area contributed by atoms with Gasteiger partial charge in [0.15, 0.2) is 0 Å². The molecule has 0 bridgehead atoms. The normalized spacial score (nSPS) is 9.71. The van der Waals surface area contributed by atoms with Gasteiger partial charge in [-0.15, -0.1) is 0 Å². The highest BCUT2D eigenvalue weighted by molar-refractivity contribution is 5.31. The van der Waals surface area contributed by atoms with Gasteiger partial charge < -0.3 is 14.7 Å². The zero-order chi connectivity index (χ0) is 13.1. The summed E-state index contributed by atoms with van der Waals surface area (Å²) in [5, 5.41) is 9.13. The third-order valence-corrected chi connectivity index (χ3v) is 2.12. The van der Waals surface area contributed by atoms with E-state index in [1.165, 1.54) is 12.8 Å². The standard InChI is InChI=1S/C10H15NO2.C4H10/c1-11(2)6-7-13-10-5-3-4-9(12)8-10;1-3-4-2/h3-5,8,12H,6-7H2,1-2H3;3-4H2,1-2H3. The Hall–Kier alpha value is -1.22. The number of benzene rings is 1. The number of rotatable bonds is 5. The molecule has 0 unspecified atom stereocenters. The first kappa shape index (κ1) is 15.8. The van der Waals surface area contributed by atoms with Crippen LogP contribution in [0.3, 0.4) is 0 Å². The van der Waals surface area contributed by atoms with Crippen molar-refractivity contribution in [3.05, 3.63) is 24.3 Å². The summed E-state index contributed by atoms with van der Waals surface area (Å²) in [6, 6.07) is 6.82. The Balaban J connectivity index is 0.000000557. The van der Waals surface area contributed by atoms with Crippen molar-refractivity contribution in [2.75, 3.05) is 27.2 Å². The molecular weight excluding hydrogens is 214 g/mol. The van der Waals surface area contributed by atoms with Gasteiger partial charge in [-0.25, -0.2) is 0 Å². The molecule has 0 aliphatic carbocycles. The van der Waals surface area contributed by atoms with E-state index in [9.17, 15) is 0 Å². The molecular formula is C14H25NO2. The molecule has 98 valence electrons. The van der Waals surface area contributed by atoms with Crippen LogP contribution in [-0.4, -0.2) is 37.3 Å². The van der Waals surface area contributed by atoms with Crippen LogP contribution in [0.1, 0.15) is 26.7 Å². The van der Waals surface area contributed by atoms with Gasteiger partial charge in [-0.05, 0) is 26.2 Å². The van der Waals surface area contributed by atoms with E-state index >= 15 is 0 Å². The molecule has 3 nitrogen and oxygen atoms in total. The summed E-state index contributed by atoms with van der Waals surface area (Å²) < 4.78 is 5.40. The Labute approximate surface area is 105 Å². The van der Waals surface area contributed by atoms with Crippen LogP contribution in [0.5, 0.6) is 11.5 Å². The van der Waals surface area contributed by atoms with Crippen molar-refractivity contribution in [2.24, 2.45) is 0 Å². The van der Waals surface area contributed by atoms with E-state index in [1.807, 2.05) is 25.1 Å². The van der Waals surface area contributed by atoms with Gasteiger partial charge in [0.1, 0.15) is 18.1 Å². The zero-order valence-electron chi connectivity index (χ0n) is 11.4. The van der Waals surface area contributed by atoms with Gasteiger partial charge in [-0.3, -0.25) is 0 Å². The molecule has 0 fully saturated rings. The summed E-state index contributed by atoms with van der Waals surface area (Å²) >= 11 is 0. The first-order valence-corrected chi connectivity index (χ1v) is 6.16. The molecule has 1 aromatic rings. The third-order valence-electron chi connectivity index (χ3n) is 2.12. The molecule has 0 saturated carbocycles. The number of unbranched alkanes of at least 4 members (excludes halogenated alkanes) is 1. The summed E-state index contributed by atoms with van der Waals surface area (Å²) in [5.41, 5.74) is 0. The molecule has 0 aromatic heterocycles. The predicted molar refractivity (Wildman–Crippen MR) is 72.7 cm³/mol. The lowest BCUT2D eigenvalue weighted by Crippen LogP contribution is -2.19. The summed E-state index contributed by atoms with van der Waals surface area (Å²) in [5.74, 6) is 0.948. The van der Waals surface area contributed by atoms with Crippen LogP contribution < -0.4 is 4.74 Å².